The third-order valence-electron chi connectivity index (χ3n) is 6.12. The molecule has 0 atom stereocenters. The van der Waals surface area contributed by atoms with Crippen LogP contribution in [0, 0.1) is 13.8 Å². The largest absolute Gasteiger partial charge is 0.369 e. The molecule has 2 heterocycles. The molecular formula is C25H32N4OS. The molecule has 4 rings (SSSR count). The van der Waals surface area contributed by atoms with Crippen molar-refractivity contribution in [3.63, 3.8) is 0 Å². The van der Waals surface area contributed by atoms with Crippen LogP contribution in [0.15, 0.2) is 30.6 Å². The molecule has 2 aromatic heterocycles. The average Bonchev–Trinajstić information content (AvgIpc) is 3.07. The van der Waals surface area contributed by atoms with Crippen LogP contribution in [0.4, 0.5) is 5.82 Å². The predicted molar refractivity (Wildman–Crippen MR) is 130 cm³/mol. The van der Waals surface area contributed by atoms with Crippen molar-refractivity contribution in [2.45, 2.75) is 71.3 Å². The van der Waals surface area contributed by atoms with E-state index in [1.54, 1.807) is 17.7 Å². The number of aromatic nitrogens is 2. The van der Waals surface area contributed by atoms with E-state index in [9.17, 15) is 4.79 Å². The number of fused-ring (bicyclic) bond motifs is 1. The predicted octanol–water partition coefficient (Wildman–Crippen LogP) is 6.01. The summed E-state index contributed by atoms with van der Waals surface area (Å²) in [6.07, 6.45) is 10.6. The molecule has 3 aromatic rings. The van der Waals surface area contributed by atoms with Crippen LogP contribution in [0.2, 0.25) is 0 Å². The summed E-state index contributed by atoms with van der Waals surface area (Å²) >= 11 is 1.69. The van der Waals surface area contributed by atoms with Gasteiger partial charge in [0.25, 0.3) is 0 Å². The van der Waals surface area contributed by atoms with E-state index in [0.717, 1.165) is 28.9 Å². The van der Waals surface area contributed by atoms with Gasteiger partial charge < -0.3 is 10.6 Å². The van der Waals surface area contributed by atoms with Crippen molar-refractivity contribution in [3.8, 4) is 11.1 Å². The zero-order valence-corrected chi connectivity index (χ0v) is 19.4. The smallest absolute Gasteiger partial charge is 0.221 e. The van der Waals surface area contributed by atoms with E-state index >= 15 is 0 Å². The summed E-state index contributed by atoms with van der Waals surface area (Å²) in [5.74, 6) is 0.937. The van der Waals surface area contributed by atoms with Crippen LogP contribution in [-0.2, 0) is 4.79 Å². The number of carbonyl (C=O) groups is 1. The monoisotopic (exact) mass is 436 g/mol. The molecule has 1 aromatic carbocycles. The Balaban J connectivity index is 1.44. The molecule has 6 heteroatoms. The highest BCUT2D eigenvalue weighted by Crippen LogP contribution is 2.40. The summed E-state index contributed by atoms with van der Waals surface area (Å²) in [5, 5.41) is 7.71. The highest BCUT2D eigenvalue weighted by Gasteiger charge is 2.17. The SMILES string of the molecule is Cc1ccc(-c2c(C)sc3ncnc(NCCC(=O)NC4CCCCCCC4)c23)cc1. The molecule has 1 saturated carbocycles. The van der Waals surface area contributed by atoms with Gasteiger partial charge >= 0.3 is 0 Å². The van der Waals surface area contributed by atoms with Gasteiger partial charge in [-0.25, -0.2) is 9.97 Å². The van der Waals surface area contributed by atoms with Gasteiger partial charge in [0.1, 0.15) is 17.0 Å². The van der Waals surface area contributed by atoms with Gasteiger partial charge in [0.15, 0.2) is 0 Å². The molecule has 0 aliphatic heterocycles. The molecule has 0 bridgehead atoms. The number of nitrogens with zero attached hydrogens (tertiary/aromatic N) is 2. The first-order valence-electron chi connectivity index (χ1n) is 11.5. The van der Waals surface area contributed by atoms with Crippen molar-refractivity contribution in [2.75, 3.05) is 11.9 Å². The van der Waals surface area contributed by atoms with E-state index in [4.69, 9.17) is 0 Å². The lowest BCUT2D eigenvalue weighted by molar-refractivity contribution is -0.121. The number of carbonyl (C=O) groups excluding carboxylic acids is 1. The summed E-state index contributed by atoms with van der Waals surface area (Å²) in [5.41, 5.74) is 3.60. The molecule has 1 aliphatic carbocycles. The number of aryl methyl sites for hydroxylation is 2. The van der Waals surface area contributed by atoms with Crippen LogP contribution < -0.4 is 10.6 Å². The van der Waals surface area contributed by atoms with E-state index in [-0.39, 0.29) is 5.91 Å². The average molecular weight is 437 g/mol. The summed E-state index contributed by atoms with van der Waals surface area (Å²) < 4.78 is 0. The minimum Gasteiger partial charge on any atom is -0.369 e. The second kappa shape index (κ2) is 10.2. The van der Waals surface area contributed by atoms with Gasteiger partial charge in [0.05, 0.1) is 5.39 Å². The quantitative estimate of drug-likeness (QED) is 0.497. The topological polar surface area (TPSA) is 66.9 Å². The molecule has 31 heavy (non-hydrogen) atoms. The minimum atomic E-state index is 0.128. The van der Waals surface area contributed by atoms with Crippen LogP contribution in [0.25, 0.3) is 21.3 Å². The van der Waals surface area contributed by atoms with E-state index < -0.39 is 0 Å². The fourth-order valence-corrected chi connectivity index (χ4v) is 5.45. The highest BCUT2D eigenvalue weighted by molar-refractivity contribution is 7.19. The molecule has 0 saturated heterocycles. The first-order valence-corrected chi connectivity index (χ1v) is 12.3. The Morgan fingerprint density at radius 2 is 1.74 bits per heavy atom. The summed E-state index contributed by atoms with van der Waals surface area (Å²) in [7, 11) is 0. The van der Waals surface area contributed by atoms with Gasteiger partial charge in [-0.2, -0.15) is 0 Å². The number of amides is 1. The lowest BCUT2D eigenvalue weighted by Crippen LogP contribution is -2.36. The van der Waals surface area contributed by atoms with Gasteiger partial charge in [-0.1, -0.05) is 61.9 Å². The number of hydrogen-bond donors (Lipinski definition) is 2. The third kappa shape index (κ3) is 5.42. The number of rotatable bonds is 6. The molecule has 0 unspecified atom stereocenters. The molecule has 164 valence electrons. The van der Waals surface area contributed by atoms with E-state index in [1.165, 1.54) is 53.7 Å². The van der Waals surface area contributed by atoms with Gasteiger partial charge in [-0.3, -0.25) is 4.79 Å². The molecule has 5 nitrogen and oxygen atoms in total. The van der Waals surface area contributed by atoms with Crippen LogP contribution in [0.3, 0.4) is 0 Å². The fourth-order valence-electron chi connectivity index (χ4n) is 4.44. The summed E-state index contributed by atoms with van der Waals surface area (Å²) in [4.78, 5) is 23.7. The maximum atomic E-state index is 12.5. The van der Waals surface area contributed by atoms with Crippen LogP contribution >= 0.6 is 11.3 Å². The first kappa shape index (κ1) is 21.8. The van der Waals surface area contributed by atoms with E-state index in [2.05, 4.69) is 58.7 Å². The van der Waals surface area contributed by atoms with Crippen molar-refractivity contribution in [1.82, 2.24) is 15.3 Å². The van der Waals surface area contributed by atoms with Crippen LogP contribution in [-0.4, -0.2) is 28.5 Å². The Morgan fingerprint density at radius 1 is 1.03 bits per heavy atom. The fraction of sp³-hybridized carbons (Fsp3) is 0.480. The zero-order chi connectivity index (χ0) is 21.6. The molecule has 2 N–H and O–H groups in total. The minimum absolute atomic E-state index is 0.128. The van der Waals surface area contributed by atoms with Crippen molar-refractivity contribution in [1.29, 1.82) is 0 Å². The number of nitrogens with one attached hydrogen (secondary N) is 2. The Labute approximate surface area is 188 Å². The lowest BCUT2D eigenvalue weighted by Gasteiger charge is -2.21. The molecule has 0 radical (unpaired) electrons. The lowest BCUT2D eigenvalue weighted by atomic mass is 9.96. The molecular weight excluding hydrogens is 404 g/mol. The Hall–Kier alpha value is -2.47. The van der Waals surface area contributed by atoms with Crippen molar-refractivity contribution < 1.29 is 4.79 Å². The second-order valence-corrected chi connectivity index (χ2v) is 9.79. The zero-order valence-electron chi connectivity index (χ0n) is 18.5. The number of benzene rings is 1. The Morgan fingerprint density at radius 3 is 2.48 bits per heavy atom. The highest BCUT2D eigenvalue weighted by atomic mass is 32.1. The molecule has 1 amide bonds. The normalized spacial score (nSPS) is 15.4. The maximum Gasteiger partial charge on any atom is 0.221 e. The maximum absolute atomic E-state index is 12.5. The summed E-state index contributed by atoms with van der Waals surface area (Å²) in [6, 6.07) is 8.92. The first-order chi connectivity index (χ1) is 15.1. The van der Waals surface area contributed by atoms with Crippen molar-refractivity contribution in [3.05, 3.63) is 41.0 Å². The second-order valence-electron chi connectivity index (χ2n) is 8.59. The van der Waals surface area contributed by atoms with Crippen LogP contribution in [0.5, 0.6) is 0 Å². The van der Waals surface area contributed by atoms with E-state index in [0.29, 0.717) is 19.0 Å². The standard InChI is InChI=1S/C25H32N4OS/c1-17-10-12-19(13-11-17)22-18(2)31-25-23(22)24(27-16-28-25)26-15-14-21(30)29-20-8-6-4-3-5-7-9-20/h10-13,16,20H,3-9,14-15H2,1-2H3,(H,29,30)(H,26,27,28). The number of thiophene rings is 1. The van der Waals surface area contributed by atoms with Gasteiger partial charge in [-0.05, 0) is 32.3 Å². The van der Waals surface area contributed by atoms with Gasteiger partial charge in [0.2, 0.25) is 5.91 Å². The molecule has 1 aliphatic rings. The van der Waals surface area contributed by atoms with Gasteiger partial charge in [-0.15, -0.1) is 11.3 Å². The molecule has 0 spiro atoms. The third-order valence-corrected chi connectivity index (χ3v) is 7.13. The molecule has 1 fully saturated rings. The van der Waals surface area contributed by atoms with Crippen molar-refractivity contribution in [2.24, 2.45) is 0 Å². The number of anilines is 1. The Kier molecular flexibility index (Phi) is 7.17. The summed E-state index contributed by atoms with van der Waals surface area (Å²) in [6.45, 7) is 4.79. The van der Waals surface area contributed by atoms with Gasteiger partial charge in [0, 0.05) is 29.4 Å². The number of hydrogen-bond acceptors (Lipinski definition) is 5. The Bertz CT molecular complexity index is 1020. The van der Waals surface area contributed by atoms with E-state index in [1.807, 2.05) is 0 Å². The van der Waals surface area contributed by atoms with Crippen molar-refractivity contribution >= 4 is 33.3 Å². The van der Waals surface area contributed by atoms with Crippen LogP contribution in [0.1, 0.15) is 61.8 Å².